The molecular formula is C18H17F3N4O3. The van der Waals surface area contributed by atoms with Crippen LogP contribution in [0.4, 0.5) is 13.2 Å². The Labute approximate surface area is 156 Å². The van der Waals surface area contributed by atoms with E-state index in [1.807, 2.05) is 0 Å². The lowest BCUT2D eigenvalue weighted by molar-refractivity contribution is -0.139. The fraction of sp³-hybridized carbons (Fsp3) is 0.333. The van der Waals surface area contributed by atoms with Crippen LogP contribution < -0.4 is 5.56 Å². The number of halogens is 3. The second-order valence-corrected chi connectivity index (χ2v) is 6.54. The maximum atomic E-state index is 12.8. The highest BCUT2D eigenvalue weighted by Crippen LogP contribution is 2.31. The zero-order chi connectivity index (χ0) is 20.8. The van der Waals surface area contributed by atoms with Crippen LogP contribution >= 0.6 is 0 Å². The second kappa shape index (κ2) is 6.77. The molecule has 0 radical (unpaired) electrons. The van der Waals surface area contributed by atoms with Crippen molar-refractivity contribution in [1.82, 2.24) is 19.7 Å². The predicted molar refractivity (Wildman–Crippen MR) is 94.2 cm³/mol. The lowest BCUT2D eigenvalue weighted by Gasteiger charge is -2.15. The Kier molecular flexibility index (Phi) is 4.74. The number of nitrogens with zero attached hydrogens (tertiary/aromatic N) is 3. The number of carboxylic acid groups (broad SMARTS) is 1. The highest BCUT2D eigenvalue weighted by molar-refractivity contribution is 5.85. The van der Waals surface area contributed by atoms with Crippen LogP contribution in [0.25, 0.3) is 11.0 Å². The van der Waals surface area contributed by atoms with E-state index in [0.717, 1.165) is 12.1 Å². The molecule has 2 N–H and O–H groups in total. The van der Waals surface area contributed by atoms with Gasteiger partial charge in [-0.15, -0.1) is 0 Å². The molecule has 0 amide bonds. The minimum absolute atomic E-state index is 0.0509. The normalized spacial score (nSPS) is 14.2. The van der Waals surface area contributed by atoms with Gasteiger partial charge in [-0.2, -0.15) is 18.3 Å². The number of benzene rings is 1. The number of aryl methyl sites for hydroxylation is 1. The van der Waals surface area contributed by atoms with Crippen molar-refractivity contribution in [3.63, 3.8) is 0 Å². The summed E-state index contributed by atoms with van der Waals surface area (Å²) in [5, 5.41) is 13.7. The molecule has 0 aliphatic carbocycles. The predicted octanol–water partition coefficient (Wildman–Crippen LogP) is 3.24. The number of aromatic nitrogens is 4. The topological polar surface area (TPSA) is 101 Å². The molecule has 28 heavy (non-hydrogen) atoms. The van der Waals surface area contributed by atoms with E-state index in [9.17, 15) is 27.9 Å². The number of H-pyrrole nitrogens is 1. The lowest BCUT2D eigenvalue weighted by Crippen LogP contribution is -2.14. The van der Waals surface area contributed by atoms with E-state index in [1.54, 1.807) is 13.8 Å². The maximum Gasteiger partial charge on any atom is 0.416 e. The van der Waals surface area contributed by atoms with Crippen LogP contribution in [0.2, 0.25) is 0 Å². The first-order valence-electron chi connectivity index (χ1n) is 8.39. The third-order valence-electron chi connectivity index (χ3n) is 4.58. The van der Waals surface area contributed by atoms with Gasteiger partial charge in [0.1, 0.15) is 11.2 Å². The Balaban J connectivity index is 2.17. The minimum atomic E-state index is -4.45. The molecule has 2 aromatic heterocycles. The number of rotatable bonds is 4. The summed E-state index contributed by atoms with van der Waals surface area (Å²) in [6.45, 7) is 4.65. The molecule has 10 heteroatoms. The average Bonchev–Trinajstić information content (AvgIpc) is 2.99. The summed E-state index contributed by atoms with van der Waals surface area (Å²) in [4.78, 5) is 30.6. The molecule has 0 bridgehead atoms. The lowest BCUT2D eigenvalue weighted by atomic mass is 10.1. The largest absolute Gasteiger partial charge is 0.481 e. The van der Waals surface area contributed by atoms with Gasteiger partial charge in [0.2, 0.25) is 0 Å². The molecule has 0 aliphatic heterocycles. The number of nitrogens with one attached hydrogen (secondary N) is 1. The Morgan fingerprint density at radius 1 is 1.21 bits per heavy atom. The number of aromatic amines is 1. The van der Waals surface area contributed by atoms with Crippen LogP contribution in [0, 0.1) is 6.92 Å². The molecule has 0 aliphatic rings. The van der Waals surface area contributed by atoms with E-state index in [1.165, 1.54) is 23.7 Å². The van der Waals surface area contributed by atoms with E-state index in [-0.39, 0.29) is 16.7 Å². The first kappa shape index (κ1) is 19.6. The average molecular weight is 394 g/mol. The quantitative estimate of drug-likeness (QED) is 0.708. The third-order valence-corrected chi connectivity index (χ3v) is 4.58. The molecule has 2 heterocycles. The number of hydrogen-bond donors (Lipinski definition) is 2. The zero-order valence-electron chi connectivity index (χ0n) is 15.2. The Hall–Kier alpha value is -3.17. The number of hydrogen-bond acceptors (Lipinski definition) is 4. The van der Waals surface area contributed by atoms with Gasteiger partial charge in [0.25, 0.3) is 5.56 Å². The van der Waals surface area contributed by atoms with Crippen molar-refractivity contribution in [2.75, 3.05) is 0 Å². The summed E-state index contributed by atoms with van der Waals surface area (Å²) in [6, 6.07) is 3.99. The van der Waals surface area contributed by atoms with E-state index >= 15 is 0 Å². The highest BCUT2D eigenvalue weighted by Gasteiger charge is 2.31. The minimum Gasteiger partial charge on any atom is -0.481 e. The van der Waals surface area contributed by atoms with E-state index < -0.39 is 35.2 Å². The summed E-state index contributed by atoms with van der Waals surface area (Å²) in [5.41, 5.74) is -0.561. The second-order valence-electron chi connectivity index (χ2n) is 6.54. The van der Waals surface area contributed by atoms with Crippen molar-refractivity contribution < 1.29 is 23.1 Å². The SMILES string of the molecule is Cc1nc2c(c(C(C)C(=O)O)nn2C(C)c2ccc(C(F)(F)F)cc2)c(=O)[nH]1. The Morgan fingerprint density at radius 2 is 1.82 bits per heavy atom. The molecule has 2 unspecified atom stereocenters. The van der Waals surface area contributed by atoms with E-state index in [4.69, 9.17) is 0 Å². The molecule has 0 saturated heterocycles. The smallest absolute Gasteiger partial charge is 0.416 e. The summed E-state index contributed by atoms with van der Waals surface area (Å²) >= 11 is 0. The molecule has 3 rings (SSSR count). The van der Waals surface area contributed by atoms with Crippen molar-refractivity contribution in [1.29, 1.82) is 0 Å². The molecule has 148 valence electrons. The molecule has 1 aromatic carbocycles. The molecule has 3 aromatic rings. The molecular weight excluding hydrogens is 377 g/mol. The standard InChI is InChI=1S/C18H17F3N4O3/c1-8(17(27)28)14-13-15(22-10(3)23-16(13)26)25(24-14)9(2)11-4-6-12(7-5-11)18(19,20)21/h4-9H,1-3H3,(H,27,28)(H,22,23,26). The van der Waals surface area contributed by atoms with Gasteiger partial charge in [0.15, 0.2) is 5.65 Å². The summed E-state index contributed by atoms with van der Waals surface area (Å²) in [5.74, 6) is -1.91. The summed E-state index contributed by atoms with van der Waals surface area (Å²) in [6.07, 6.45) is -4.45. The molecule has 0 saturated carbocycles. The van der Waals surface area contributed by atoms with Crippen LogP contribution in [0.15, 0.2) is 29.1 Å². The van der Waals surface area contributed by atoms with Gasteiger partial charge in [-0.25, -0.2) is 9.67 Å². The Bertz CT molecular complexity index is 1100. The van der Waals surface area contributed by atoms with Crippen LogP contribution in [-0.4, -0.2) is 30.8 Å². The maximum absolute atomic E-state index is 12.8. The number of fused-ring (bicyclic) bond motifs is 1. The van der Waals surface area contributed by atoms with Crippen LogP contribution in [0.3, 0.4) is 0 Å². The molecule has 7 nitrogen and oxygen atoms in total. The first-order chi connectivity index (χ1) is 13.0. The molecule has 0 fully saturated rings. The number of carboxylic acids is 1. The van der Waals surface area contributed by atoms with Crippen LogP contribution in [0.1, 0.15) is 48.5 Å². The van der Waals surface area contributed by atoms with Crippen molar-refractivity contribution in [3.05, 3.63) is 57.3 Å². The molecule has 2 atom stereocenters. The van der Waals surface area contributed by atoms with Crippen molar-refractivity contribution in [2.24, 2.45) is 0 Å². The van der Waals surface area contributed by atoms with Gasteiger partial charge in [-0.3, -0.25) is 9.59 Å². The molecule has 0 spiro atoms. The van der Waals surface area contributed by atoms with Gasteiger partial charge in [0.05, 0.1) is 23.2 Å². The first-order valence-corrected chi connectivity index (χ1v) is 8.39. The third kappa shape index (κ3) is 3.37. The van der Waals surface area contributed by atoms with Crippen molar-refractivity contribution in [2.45, 2.75) is 38.9 Å². The highest BCUT2D eigenvalue weighted by atomic mass is 19.4. The van der Waals surface area contributed by atoms with Crippen LogP contribution in [0.5, 0.6) is 0 Å². The number of aliphatic carboxylic acids is 1. The number of carbonyl (C=O) groups is 1. The van der Waals surface area contributed by atoms with Crippen molar-refractivity contribution in [3.8, 4) is 0 Å². The summed E-state index contributed by atoms with van der Waals surface area (Å²) in [7, 11) is 0. The van der Waals surface area contributed by atoms with Gasteiger partial charge in [-0.05, 0) is 38.5 Å². The van der Waals surface area contributed by atoms with E-state index in [2.05, 4.69) is 15.1 Å². The summed E-state index contributed by atoms with van der Waals surface area (Å²) < 4.78 is 39.7. The fourth-order valence-corrected chi connectivity index (χ4v) is 2.96. The Morgan fingerprint density at radius 3 is 2.36 bits per heavy atom. The zero-order valence-corrected chi connectivity index (χ0v) is 15.2. The van der Waals surface area contributed by atoms with Gasteiger partial charge < -0.3 is 10.1 Å². The van der Waals surface area contributed by atoms with Crippen molar-refractivity contribution >= 4 is 17.0 Å². The number of alkyl halides is 3. The fourth-order valence-electron chi connectivity index (χ4n) is 2.96. The van der Waals surface area contributed by atoms with Gasteiger partial charge >= 0.3 is 12.1 Å². The van der Waals surface area contributed by atoms with Gasteiger partial charge in [-0.1, -0.05) is 12.1 Å². The monoisotopic (exact) mass is 394 g/mol. The van der Waals surface area contributed by atoms with Crippen LogP contribution in [-0.2, 0) is 11.0 Å². The van der Waals surface area contributed by atoms with E-state index in [0.29, 0.717) is 11.4 Å². The van der Waals surface area contributed by atoms with Gasteiger partial charge in [0, 0.05) is 0 Å².